The van der Waals surface area contributed by atoms with Gasteiger partial charge >= 0.3 is 6.09 Å². The van der Waals surface area contributed by atoms with Gasteiger partial charge < -0.3 is 10.1 Å². The van der Waals surface area contributed by atoms with Gasteiger partial charge in [0.05, 0.1) is 0 Å². The second kappa shape index (κ2) is 5.67. The van der Waals surface area contributed by atoms with Crippen molar-refractivity contribution >= 4 is 17.4 Å². The SMILES string of the molecule is O=C(NCC1(c2cccs2)CC1)OCc1ccccc1. The third kappa shape index (κ3) is 3.02. The molecule has 0 atom stereocenters. The van der Waals surface area contributed by atoms with Crippen LogP contribution in [0.4, 0.5) is 4.79 Å². The summed E-state index contributed by atoms with van der Waals surface area (Å²) < 4.78 is 5.22. The second-order valence-electron chi connectivity index (χ2n) is 5.17. The maximum absolute atomic E-state index is 11.7. The van der Waals surface area contributed by atoms with E-state index in [1.165, 1.54) is 4.88 Å². The van der Waals surface area contributed by atoms with Crippen molar-refractivity contribution in [1.29, 1.82) is 0 Å². The lowest BCUT2D eigenvalue weighted by molar-refractivity contribution is 0.138. The molecule has 4 heteroatoms. The number of rotatable bonds is 5. The molecule has 1 aliphatic carbocycles. The summed E-state index contributed by atoms with van der Waals surface area (Å²) in [6, 6.07) is 13.9. The van der Waals surface area contributed by atoms with Gasteiger partial charge in [0.2, 0.25) is 0 Å². The van der Waals surface area contributed by atoms with Crippen LogP contribution in [-0.2, 0) is 16.8 Å². The van der Waals surface area contributed by atoms with Crippen molar-refractivity contribution in [3.8, 4) is 0 Å². The van der Waals surface area contributed by atoms with E-state index in [1.807, 2.05) is 30.3 Å². The number of ether oxygens (including phenoxy) is 1. The number of carbonyl (C=O) groups excluding carboxylic acids is 1. The molecule has 1 aromatic heterocycles. The average molecular weight is 287 g/mol. The summed E-state index contributed by atoms with van der Waals surface area (Å²) in [6.45, 7) is 0.986. The highest BCUT2D eigenvalue weighted by atomic mass is 32.1. The lowest BCUT2D eigenvalue weighted by Gasteiger charge is -2.14. The maximum atomic E-state index is 11.7. The normalized spacial score (nSPS) is 15.6. The molecule has 2 aromatic rings. The van der Waals surface area contributed by atoms with Crippen LogP contribution in [0.2, 0.25) is 0 Å². The van der Waals surface area contributed by atoms with E-state index in [0.717, 1.165) is 18.4 Å². The molecule has 1 heterocycles. The van der Waals surface area contributed by atoms with Crippen LogP contribution in [0.25, 0.3) is 0 Å². The highest BCUT2D eigenvalue weighted by Crippen LogP contribution is 2.49. The number of nitrogens with one attached hydrogen (secondary N) is 1. The summed E-state index contributed by atoms with van der Waals surface area (Å²) in [4.78, 5) is 13.1. The molecule has 0 radical (unpaired) electrons. The third-order valence-electron chi connectivity index (χ3n) is 3.68. The topological polar surface area (TPSA) is 38.3 Å². The molecule has 1 aliphatic rings. The van der Waals surface area contributed by atoms with E-state index < -0.39 is 0 Å². The van der Waals surface area contributed by atoms with E-state index >= 15 is 0 Å². The summed E-state index contributed by atoms with van der Waals surface area (Å²) >= 11 is 1.76. The van der Waals surface area contributed by atoms with Gasteiger partial charge in [-0.3, -0.25) is 0 Å². The molecule has 1 fully saturated rings. The van der Waals surface area contributed by atoms with Crippen molar-refractivity contribution in [3.63, 3.8) is 0 Å². The first kappa shape index (κ1) is 13.2. The Kier molecular flexibility index (Phi) is 3.74. The standard InChI is InChI=1S/C16H17NO2S/c18-15(19-11-13-5-2-1-3-6-13)17-12-16(8-9-16)14-7-4-10-20-14/h1-7,10H,8-9,11-12H2,(H,17,18). The van der Waals surface area contributed by atoms with Crippen LogP contribution in [0.15, 0.2) is 47.8 Å². The Hall–Kier alpha value is -1.81. The Morgan fingerprint density at radius 3 is 2.65 bits per heavy atom. The molecule has 1 saturated carbocycles. The van der Waals surface area contributed by atoms with Crippen molar-refractivity contribution in [3.05, 3.63) is 58.3 Å². The molecular formula is C16H17NO2S. The van der Waals surface area contributed by atoms with Crippen LogP contribution < -0.4 is 5.32 Å². The minimum atomic E-state index is -0.336. The lowest BCUT2D eigenvalue weighted by atomic mass is 10.1. The van der Waals surface area contributed by atoms with E-state index in [9.17, 15) is 4.79 Å². The van der Waals surface area contributed by atoms with E-state index in [0.29, 0.717) is 13.2 Å². The predicted octanol–water partition coefficient (Wildman–Crippen LogP) is 3.71. The summed E-state index contributed by atoms with van der Waals surface area (Å²) in [5, 5.41) is 4.98. The molecule has 0 bridgehead atoms. The van der Waals surface area contributed by atoms with E-state index in [4.69, 9.17) is 4.74 Å². The first-order valence-electron chi connectivity index (χ1n) is 6.77. The summed E-state index contributed by atoms with van der Waals surface area (Å²) in [5.74, 6) is 0. The van der Waals surface area contributed by atoms with Crippen LogP contribution in [-0.4, -0.2) is 12.6 Å². The van der Waals surface area contributed by atoms with Crippen molar-refractivity contribution in [2.24, 2.45) is 0 Å². The lowest BCUT2D eigenvalue weighted by Crippen LogP contribution is -2.32. The maximum Gasteiger partial charge on any atom is 0.407 e. The number of benzene rings is 1. The van der Waals surface area contributed by atoms with Gasteiger partial charge in [-0.2, -0.15) is 0 Å². The third-order valence-corrected chi connectivity index (χ3v) is 4.80. The minimum Gasteiger partial charge on any atom is -0.445 e. The van der Waals surface area contributed by atoms with Gasteiger partial charge in [0.25, 0.3) is 0 Å². The number of amides is 1. The Balaban J connectivity index is 1.46. The Morgan fingerprint density at radius 2 is 2.00 bits per heavy atom. The smallest absolute Gasteiger partial charge is 0.407 e. The largest absolute Gasteiger partial charge is 0.445 e. The zero-order valence-corrected chi connectivity index (χ0v) is 12.0. The Morgan fingerprint density at radius 1 is 1.20 bits per heavy atom. The Labute approximate surface area is 122 Å². The molecule has 0 unspecified atom stereocenters. The van der Waals surface area contributed by atoms with Crippen molar-refractivity contribution in [2.75, 3.05) is 6.54 Å². The molecule has 0 saturated heterocycles. The zero-order chi connectivity index (χ0) is 13.8. The molecule has 3 rings (SSSR count). The highest BCUT2D eigenvalue weighted by molar-refractivity contribution is 7.10. The minimum absolute atomic E-state index is 0.167. The molecular weight excluding hydrogens is 270 g/mol. The van der Waals surface area contributed by atoms with Gasteiger partial charge in [0, 0.05) is 16.8 Å². The van der Waals surface area contributed by atoms with Crippen LogP contribution in [0.5, 0.6) is 0 Å². The fraction of sp³-hybridized carbons (Fsp3) is 0.312. The van der Waals surface area contributed by atoms with Crippen molar-refractivity contribution in [2.45, 2.75) is 24.9 Å². The molecule has 1 aromatic carbocycles. The van der Waals surface area contributed by atoms with Gasteiger partial charge in [0.1, 0.15) is 6.61 Å². The summed E-state index contributed by atoms with van der Waals surface area (Å²) in [5.41, 5.74) is 1.17. The Bertz CT molecular complexity index is 561. The van der Waals surface area contributed by atoms with E-state index in [2.05, 4.69) is 22.8 Å². The van der Waals surface area contributed by atoms with Crippen LogP contribution in [0.3, 0.4) is 0 Å². The molecule has 20 heavy (non-hydrogen) atoms. The van der Waals surface area contributed by atoms with E-state index in [-0.39, 0.29) is 11.5 Å². The molecule has 3 nitrogen and oxygen atoms in total. The number of hydrogen-bond donors (Lipinski definition) is 1. The molecule has 0 spiro atoms. The quantitative estimate of drug-likeness (QED) is 0.910. The number of carbonyl (C=O) groups is 1. The van der Waals surface area contributed by atoms with Gasteiger partial charge in [-0.1, -0.05) is 36.4 Å². The second-order valence-corrected chi connectivity index (χ2v) is 6.12. The highest BCUT2D eigenvalue weighted by Gasteiger charge is 2.45. The molecule has 0 aliphatic heterocycles. The fourth-order valence-electron chi connectivity index (χ4n) is 2.26. The van der Waals surface area contributed by atoms with Gasteiger partial charge in [-0.05, 0) is 29.9 Å². The van der Waals surface area contributed by atoms with Crippen LogP contribution >= 0.6 is 11.3 Å². The number of hydrogen-bond acceptors (Lipinski definition) is 3. The van der Waals surface area contributed by atoms with Crippen LogP contribution in [0.1, 0.15) is 23.3 Å². The molecule has 104 valence electrons. The monoisotopic (exact) mass is 287 g/mol. The van der Waals surface area contributed by atoms with Gasteiger partial charge in [-0.15, -0.1) is 11.3 Å². The average Bonchev–Trinajstić information content (AvgIpc) is 3.07. The van der Waals surface area contributed by atoms with Crippen molar-refractivity contribution in [1.82, 2.24) is 5.32 Å². The van der Waals surface area contributed by atoms with Gasteiger partial charge in [-0.25, -0.2) is 4.79 Å². The van der Waals surface area contributed by atoms with Crippen molar-refractivity contribution < 1.29 is 9.53 Å². The fourth-order valence-corrected chi connectivity index (χ4v) is 3.24. The number of thiophene rings is 1. The first-order valence-corrected chi connectivity index (χ1v) is 7.65. The molecule has 1 N–H and O–H groups in total. The summed E-state index contributed by atoms with van der Waals surface area (Å²) in [6.07, 6.45) is 1.95. The summed E-state index contributed by atoms with van der Waals surface area (Å²) in [7, 11) is 0. The van der Waals surface area contributed by atoms with Crippen LogP contribution in [0, 0.1) is 0 Å². The number of alkyl carbamates (subject to hydrolysis) is 1. The van der Waals surface area contributed by atoms with E-state index in [1.54, 1.807) is 11.3 Å². The zero-order valence-electron chi connectivity index (χ0n) is 11.2. The predicted molar refractivity (Wildman–Crippen MR) is 79.9 cm³/mol. The van der Waals surface area contributed by atoms with Gasteiger partial charge in [0.15, 0.2) is 0 Å². The first-order chi connectivity index (χ1) is 9.78. The molecule has 1 amide bonds.